The summed E-state index contributed by atoms with van der Waals surface area (Å²) < 4.78 is 68.4. The minimum absolute atomic E-state index is 0.0118. The molecule has 2 aromatic rings. The summed E-state index contributed by atoms with van der Waals surface area (Å²) in [6.07, 6.45) is -0.648. The van der Waals surface area contributed by atoms with Gasteiger partial charge in [-0.3, -0.25) is 9.69 Å². The van der Waals surface area contributed by atoms with Crippen LogP contribution in [0.3, 0.4) is 0 Å². The summed E-state index contributed by atoms with van der Waals surface area (Å²) >= 11 is 0. The summed E-state index contributed by atoms with van der Waals surface area (Å²) in [6, 6.07) is 9.37. The zero-order valence-electron chi connectivity index (χ0n) is 24.4. The standard InChI is InChI=1S/C32H38F4N2O5/c1-42-18-22-16-38(30(41)31(33)13-14-37(19-31)24-8-10-25(43-2)11-9-24)17-28(22)26-12-7-23(32(34,35)36)15-27(26)20-3-5-21(6-4-20)29(39)40/h3-7,12,15,22,24-25,28H,8-11,13-14,16-19H2,1-2H3,(H,39,40)/t22-,24?,25?,28+,31-/m1/s1. The first-order chi connectivity index (χ1) is 20.4. The summed E-state index contributed by atoms with van der Waals surface area (Å²) in [5, 5.41) is 9.28. The van der Waals surface area contributed by atoms with Crippen LogP contribution in [-0.2, 0) is 20.4 Å². The fourth-order valence-corrected chi connectivity index (χ4v) is 7.09. The number of aromatic carboxylic acids is 1. The van der Waals surface area contributed by atoms with E-state index in [0.29, 0.717) is 23.2 Å². The van der Waals surface area contributed by atoms with Crippen LogP contribution in [0.15, 0.2) is 42.5 Å². The molecule has 3 fully saturated rings. The summed E-state index contributed by atoms with van der Waals surface area (Å²) in [5.41, 5.74) is -1.57. The molecule has 7 nitrogen and oxygen atoms in total. The van der Waals surface area contributed by atoms with Crippen LogP contribution in [0.25, 0.3) is 11.1 Å². The first kappa shape index (κ1) is 31.4. The minimum Gasteiger partial charge on any atom is -0.478 e. The van der Waals surface area contributed by atoms with E-state index >= 15 is 4.39 Å². The predicted molar refractivity (Wildman–Crippen MR) is 152 cm³/mol. The first-order valence-electron chi connectivity index (χ1n) is 14.7. The Hall–Kier alpha value is -3.02. The average Bonchev–Trinajstić information content (AvgIpc) is 3.61. The van der Waals surface area contributed by atoms with Crippen molar-refractivity contribution in [3.8, 4) is 11.1 Å². The van der Waals surface area contributed by atoms with E-state index in [1.165, 1.54) is 42.3 Å². The molecule has 2 aliphatic heterocycles. The number of likely N-dealkylation sites (tertiary alicyclic amines) is 2. The van der Waals surface area contributed by atoms with Gasteiger partial charge in [0.1, 0.15) is 0 Å². The number of carbonyl (C=O) groups is 2. The Balaban J connectivity index is 1.40. The maximum atomic E-state index is 16.3. The highest BCUT2D eigenvalue weighted by atomic mass is 19.4. The maximum absolute atomic E-state index is 16.3. The molecular formula is C32H38F4N2O5. The quantitative estimate of drug-likeness (QED) is 0.393. The lowest BCUT2D eigenvalue weighted by atomic mass is 9.83. The van der Waals surface area contributed by atoms with Crippen LogP contribution in [0.4, 0.5) is 17.6 Å². The fourth-order valence-electron chi connectivity index (χ4n) is 7.09. The van der Waals surface area contributed by atoms with E-state index in [9.17, 15) is 27.9 Å². The van der Waals surface area contributed by atoms with E-state index < -0.39 is 35.2 Å². The zero-order chi connectivity index (χ0) is 30.9. The minimum atomic E-state index is -4.59. The average molecular weight is 607 g/mol. The van der Waals surface area contributed by atoms with Crippen LogP contribution in [0.1, 0.15) is 59.5 Å². The number of carboxylic acids is 1. The van der Waals surface area contributed by atoms with Gasteiger partial charge >= 0.3 is 12.1 Å². The fraction of sp³-hybridized carbons (Fsp3) is 0.562. The summed E-state index contributed by atoms with van der Waals surface area (Å²) in [6.45, 7) is 1.13. The van der Waals surface area contributed by atoms with Crippen molar-refractivity contribution < 1.29 is 41.7 Å². The molecule has 3 atom stereocenters. The highest BCUT2D eigenvalue weighted by molar-refractivity contribution is 5.88. The molecule has 1 aliphatic carbocycles. The van der Waals surface area contributed by atoms with E-state index in [1.807, 2.05) is 0 Å². The number of halogens is 4. The van der Waals surface area contributed by atoms with Gasteiger partial charge in [-0.15, -0.1) is 0 Å². The molecule has 1 saturated carbocycles. The molecule has 234 valence electrons. The van der Waals surface area contributed by atoms with Crippen molar-refractivity contribution in [2.45, 2.75) is 62.0 Å². The number of nitrogens with zero attached hydrogens (tertiary/aromatic N) is 2. The monoisotopic (exact) mass is 606 g/mol. The van der Waals surface area contributed by atoms with Gasteiger partial charge in [-0.1, -0.05) is 18.2 Å². The molecule has 2 aromatic carbocycles. The van der Waals surface area contributed by atoms with Crippen LogP contribution in [0, 0.1) is 5.92 Å². The molecule has 2 saturated heterocycles. The number of hydrogen-bond donors (Lipinski definition) is 1. The molecule has 0 unspecified atom stereocenters. The Bertz CT molecular complexity index is 1310. The molecule has 3 aliphatic rings. The first-order valence-corrected chi connectivity index (χ1v) is 14.7. The van der Waals surface area contributed by atoms with E-state index in [4.69, 9.17) is 9.47 Å². The Labute approximate surface area is 248 Å². The third-order valence-electron chi connectivity index (χ3n) is 9.46. The number of amides is 1. The molecule has 0 aromatic heterocycles. The van der Waals surface area contributed by atoms with Gasteiger partial charge in [-0.05, 0) is 66.6 Å². The Morgan fingerprint density at radius 1 is 1.02 bits per heavy atom. The molecular weight excluding hydrogens is 568 g/mol. The molecule has 0 spiro atoms. The third-order valence-corrected chi connectivity index (χ3v) is 9.46. The SMILES string of the molecule is COC[C@H]1CN(C(=O)[C@@]2(F)CCN(C3CCC(OC)CC3)C2)C[C@@H]1c1ccc(C(F)(F)F)cc1-c1ccc(C(=O)O)cc1. The van der Waals surface area contributed by atoms with E-state index in [2.05, 4.69) is 4.90 Å². The van der Waals surface area contributed by atoms with Crippen LogP contribution >= 0.6 is 0 Å². The normalized spacial score (nSPS) is 28.4. The van der Waals surface area contributed by atoms with Gasteiger partial charge in [0.15, 0.2) is 0 Å². The van der Waals surface area contributed by atoms with Gasteiger partial charge in [0.05, 0.1) is 23.8 Å². The molecule has 11 heteroatoms. The van der Waals surface area contributed by atoms with Gasteiger partial charge in [-0.2, -0.15) is 13.2 Å². The number of benzene rings is 2. The highest BCUT2D eigenvalue weighted by Crippen LogP contribution is 2.43. The van der Waals surface area contributed by atoms with Gasteiger partial charge < -0.3 is 19.5 Å². The molecule has 0 radical (unpaired) electrons. The zero-order valence-corrected chi connectivity index (χ0v) is 24.4. The smallest absolute Gasteiger partial charge is 0.416 e. The van der Waals surface area contributed by atoms with E-state index in [-0.39, 0.29) is 56.3 Å². The summed E-state index contributed by atoms with van der Waals surface area (Å²) in [7, 11) is 3.22. The second kappa shape index (κ2) is 12.5. The summed E-state index contributed by atoms with van der Waals surface area (Å²) in [5.74, 6) is -2.41. The number of carbonyl (C=O) groups excluding carboxylic acids is 1. The Kier molecular flexibility index (Phi) is 9.15. The molecule has 2 heterocycles. The van der Waals surface area contributed by atoms with E-state index in [1.54, 1.807) is 7.11 Å². The van der Waals surface area contributed by atoms with Crippen LogP contribution in [0.2, 0.25) is 0 Å². The largest absolute Gasteiger partial charge is 0.478 e. The predicted octanol–water partition coefficient (Wildman–Crippen LogP) is 5.63. The van der Waals surface area contributed by atoms with Crippen molar-refractivity contribution in [1.29, 1.82) is 0 Å². The second-order valence-corrected chi connectivity index (χ2v) is 12.1. The van der Waals surface area contributed by atoms with Crippen LogP contribution in [-0.4, -0.2) is 91.6 Å². The highest BCUT2D eigenvalue weighted by Gasteiger charge is 2.51. The molecule has 1 N–H and O–H groups in total. The number of rotatable bonds is 8. The number of alkyl halides is 4. The van der Waals surface area contributed by atoms with Crippen molar-refractivity contribution in [2.75, 3.05) is 47.0 Å². The number of methoxy groups -OCH3 is 2. The van der Waals surface area contributed by atoms with Crippen molar-refractivity contribution in [3.63, 3.8) is 0 Å². The second-order valence-electron chi connectivity index (χ2n) is 12.1. The molecule has 1 amide bonds. The van der Waals surface area contributed by atoms with Crippen LogP contribution in [0.5, 0.6) is 0 Å². The molecule has 43 heavy (non-hydrogen) atoms. The Morgan fingerprint density at radius 3 is 2.33 bits per heavy atom. The lowest BCUT2D eigenvalue weighted by Gasteiger charge is -2.34. The van der Waals surface area contributed by atoms with Crippen LogP contribution < -0.4 is 0 Å². The number of carboxylic acid groups (broad SMARTS) is 1. The number of ether oxygens (including phenoxy) is 2. The topological polar surface area (TPSA) is 79.3 Å². The van der Waals surface area contributed by atoms with Crippen molar-refractivity contribution in [3.05, 3.63) is 59.2 Å². The maximum Gasteiger partial charge on any atom is 0.416 e. The van der Waals surface area contributed by atoms with Crippen molar-refractivity contribution in [1.82, 2.24) is 9.80 Å². The molecule has 5 rings (SSSR count). The summed E-state index contributed by atoms with van der Waals surface area (Å²) in [4.78, 5) is 28.7. The van der Waals surface area contributed by atoms with Gasteiger partial charge in [0, 0.05) is 64.7 Å². The lowest BCUT2D eigenvalue weighted by Crippen LogP contribution is -2.48. The van der Waals surface area contributed by atoms with Gasteiger partial charge in [0.2, 0.25) is 5.67 Å². The molecule has 0 bridgehead atoms. The van der Waals surface area contributed by atoms with E-state index in [0.717, 1.165) is 37.8 Å². The van der Waals surface area contributed by atoms with Gasteiger partial charge in [0.25, 0.3) is 5.91 Å². The number of hydrogen-bond acceptors (Lipinski definition) is 5. The van der Waals surface area contributed by atoms with Crippen molar-refractivity contribution >= 4 is 11.9 Å². The third kappa shape index (κ3) is 6.58. The Morgan fingerprint density at radius 2 is 1.72 bits per heavy atom. The van der Waals surface area contributed by atoms with Gasteiger partial charge in [-0.25, -0.2) is 9.18 Å². The van der Waals surface area contributed by atoms with Crippen molar-refractivity contribution in [2.24, 2.45) is 5.92 Å². The lowest BCUT2D eigenvalue weighted by molar-refractivity contribution is -0.142.